The summed E-state index contributed by atoms with van der Waals surface area (Å²) in [6.45, 7) is 4.05. The van der Waals surface area contributed by atoms with Crippen LogP contribution in [0, 0.1) is 0 Å². The molecule has 168 valence electrons. The molecular formula is C25H24Cl2N6. The molecule has 1 saturated heterocycles. The van der Waals surface area contributed by atoms with Gasteiger partial charge in [-0.05, 0) is 54.7 Å². The molecule has 6 rings (SSSR count). The van der Waals surface area contributed by atoms with Gasteiger partial charge in [-0.1, -0.05) is 29.3 Å². The summed E-state index contributed by atoms with van der Waals surface area (Å²) in [7, 11) is 0. The van der Waals surface area contributed by atoms with Gasteiger partial charge in [-0.2, -0.15) is 0 Å². The number of anilines is 3. The van der Waals surface area contributed by atoms with Crippen molar-refractivity contribution in [3.05, 3.63) is 64.4 Å². The zero-order chi connectivity index (χ0) is 22.4. The van der Waals surface area contributed by atoms with Crippen LogP contribution in [0.15, 0.2) is 48.8 Å². The SMILES string of the molecule is Clc1ccc2c(-c3nc(Nc4cc(C5CC5)cc(N5CCNCC5)c4)ncc3Cl)c[nH]c2c1. The lowest BCUT2D eigenvalue weighted by molar-refractivity contribution is 0.589. The fraction of sp³-hybridized carbons (Fsp3) is 0.280. The number of benzene rings is 2. The number of fused-ring (bicyclic) bond motifs is 1. The Morgan fingerprint density at radius 3 is 2.70 bits per heavy atom. The smallest absolute Gasteiger partial charge is 0.227 e. The highest BCUT2D eigenvalue weighted by atomic mass is 35.5. The second kappa shape index (κ2) is 8.52. The molecule has 0 atom stereocenters. The van der Waals surface area contributed by atoms with Crippen LogP contribution in [-0.2, 0) is 0 Å². The first-order valence-electron chi connectivity index (χ1n) is 11.3. The zero-order valence-electron chi connectivity index (χ0n) is 18.0. The first kappa shape index (κ1) is 20.8. The summed E-state index contributed by atoms with van der Waals surface area (Å²) >= 11 is 12.7. The lowest BCUT2D eigenvalue weighted by Gasteiger charge is -2.30. The highest BCUT2D eigenvalue weighted by molar-refractivity contribution is 6.33. The molecule has 1 aliphatic carbocycles. The second-order valence-electron chi connectivity index (χ2n) is 8.73. The van der Waals surface area contributed by atoms with Crippen LogP contribution in [-0.4, -0.2) is 41.1 Å². The van der Waals surface area contributed by atoms with Gasteiger partial charge < -0.3 is 20.5 Å². The van der Waals surface area contributed by atoms with Crippen molar-refractivity contribution in [1.82, 2.24) is 20.3 Å². The fourth-order valence-corrected chi connectivity index (χ4v) is 4.87. The van der Waals surface area contributed by atoms with Crippen LogP contribution in [0.1, 0.15) is 24.3 Å². The molecule has 33 heavy (non-hydrogen) atoms. The van der Waals surface area contributed by atoms with E-state index in [1.807, 2.05) is 24.4 Å². The first-order valence-corrected chi connectivity index (χ1v) is 12.1. The van der Waals surface area contributed by atoms with Crippen molar-refractivity contribution in [2.45, 2.75) is 18.8 Å². The van der Waals surface area contributed by atoms with E-state index in [9.17, 15) is 0 Å². The normalized spacial score (nSPS) is 16.4. The second-order valence-corrected chi connectivity index (χ2v) is 9.58. The Hall–Kier alpha value is -2.80. The monoisotopic (exact) mass is 478 g/mol. The highest BCUT2D eigenvalue weighted by Crippen LogP contribution is 2.43. The van der Waals surface area contributed by atoms with Crippen molar-refractivity contribution in [3.8, 4) is 11.3 Å². The third-order valence-corrected chi connectivity index (χ3v) is 6.88. The Morgan fingerprint density at radius 1 is 1.03 bits per heavy atom. The predicted molar refractivity (Wildman–Crippen MR) is 136 cm³/mol. The molecule has 1 saturated carbocycles. The minimum absolute atomic E-state index is 0.504. The van der Waals surface area contributed by atoms with E-state index in [-0.39, 0.29) is 0 Å². The molecule has 3 heterocycles. The van der Waals surface area contributed by atoms with Crippen LogP contribution in [0.5, 0.6) is 0 Å². The summed E-state index contributed by atoms with van der Waals surface area (Å²) in [5, 5.41) is 9.07. The molecule has 2 aromatic carbocycles. The summed E-state index contributed by atoms with van der Waals surface area (Å²) in [5.41, 5.74) is 6.20. The number of halogens is 2. The molecule has 2 aromatic heterocycles. The highest BCUT2D eigenvalue weighted by Gasteiger charge is 2.25. The Balaban J connectivity index is 1.35. The number of aromatic nitrogens is 3. The van der Waals surface area contributed by atoms with Crippen LogP contribution in [0.3, 0.4) is 0 Å². The maximum Gasteiger partial charge on any atom is 0.227 e. The average Bonchev–Trinajstić information content (AvgIpc) is 3.61. The Labute approximate surface area is 202 Å². The molecule has 6 nitrogen and oxygen atoms in total. The van der Waals surface area contributed by atoms with Gasteiger partial charge in [0, 0.05) is 65.2 Å². The fourth-order valence-electron chi connectivity index (χ4n) is 4.50. The van der Waals surface area contributed by atoms with E-state index in [4.69, 9.17) is 28.2 Å². The summed E-state index contributed by atoms with van der Waals surface area (Å²) < 4.78 is 0. The molecule has 0 spiro atoms. The number of rotatable bonds is 5. The van der Waals surface area contributed by atoms with E-state index in [0.29, 0.717) is 27.6 Å². The third-order valence-electron chi connectivity index (χ3n) is 6.37. The number of H-pyrrole nitrogens is 1. The molecule has 2 aliphatic rings. The van der Waals surface area contributed by atoms with Crippen LogP contribution >= 0.6 is 23.2 Å². The van der Waals surface area contributed by atoms with E-state index in [0.717, 1.165) is 48.3 Å². The van der Waals surface area contributed by atoms with E-state index in [1.165, 1.54) is 24.1 Å². The lowest BCUT2D eigenvalue weighted by atomic mass is 10.1. The summed E-state index contributed by atoms with van der Waals surface area (Å²) in [5.74, 6) is 1.19. The molecule has 8 heteroatoms. The predicted octanol–water partition coefficient (Wildman–Crippen LogP) is 5.96. The van der Waals surface area contributed by atoms with Gasteiger partial charge in [0.25, 0.3) is 0 Å². The number of hydrogen-bond acceptors (Lipinski definition) is 5. The number of piperazine rings is 1. The molecule has 4 aromatic rings. The summed E-state index contributed by atoms with van der Waals surface area (Å²) in [4.78, 5) is 14.9. The van der Waals surface area contributed by atoms with Gasteiger partial charge in [0.15, 0.2) is 0 Å². The quantitative estimate of drug-likeness (QED) is 0.330. The van der Waals surface area contributed by atoms with Gasteiger partial charge in [0.1, 0.15) is 0 Å². The van der Waals surface area contributed by atoms with Crippen molar-refractivity contribution < 1.29 is 0 Å². The van der Waals surface area contributed by atoms with Gasteiger partial charge in [0.2, 0.25) is 5.95 Å². The van der Waals surface area contributed by atoms with E-state index in [1.54, 1.807) is 6.20 Å². The Kier molecular flexibility index (Phi) is 5.37. The molecule has 0 bridgehead atoms. The van der Waals surface area contributed by atoms with Crippen molar-refractivity contribution in [1.29, 1.82) is 0 Å². The van der Waals surface area contributed by atoms with E-state index in [2.05, 4.69) is 43.7 Å². The Morgan fingerprint density at radius 2 is 1.88 bits per heavy atom. The van der Waals surface area contributed by atoms with E-state index >= 15 is 0 Å². The minimum Gasteiger partial charge on any atom is -0.369 e. The molecule has 0 radical (unpaired) electrons. The number of nitrogens with one attached hydrogen (secondary N) is 3. The lowest BCUT2D eigenvalue weighted by Crippen LogP contribution is -2.43. The van der Waals surface area contributed by atoms with Gasteiger partial charge in [-0.3, -0.25) is 0 Å². The average molecular weight is 479 g/mol. The largest absolute Gasteiger partial charge is 0.369 e. The van der Waals surface area contributed by atoms with Crippen LogP contribution < -0.4 is 15.5 Å². The minimum atomic E-state index is 0.504. The summed E-state index contributed by atoms with van der Waals surface area (Å²) in [6.07, 6.45) is 6.09. The van der Waals surface area contributed by atoms with Gasteiger partial charge >= 0.3 is 0 Å². The van der Waals surface area contributed by atoms with Crippen molar-refractivity contribution >= 4 is 51.4 Å². The molecular weight excluding hydrogens is 455 g/mol. The van der Waals surface area contributed by atoms with Crippen molar-refractivity contribution in [3.63, 3.8) is 0 Å². The van der Waals surface area contributed by atoms with Crippen LogP contribution in [0.4, 0.5) is 17.3 Å². The van der Waals surface area contributed by atoms with Gasteiger partial charge in [-0.25, -0.2) is 9.97 Å². The standard InChI is InChI=1S/C25H24Cl2N6/c26-17-3-4-20-21(13-29-23(20)11-17)24-22(27)14-30-25(32-24)31-18-9-16(15-1-2-15)10-19(12-18)33-7-5-28-6-8-33/h3-4,9-15,28-29H,1-2,5-8H2,(H,30,31,32). The number of hydrogen-bond donors (Lipinski definition) is 3. The maximum absolute atomic E-state index is 6.52. The van der Waals surface area contributed by atoms with Crippen molar-refractivity contribution in [2.75, 3.05) is 36.4 Å². The van der Waals surface area contributed by atoms with Crippen molar-refractivity contribution in [2.24, 2.45) is 0 Å². The molecule has 1 aliphatic heterocycles. The molecule has 2 fully saturated rings. The number of aromatic amines is 1. The molecule has 0 unspecified atom stereocenters. The first-order chi connectivity index (χ1) is 16.1. The van der Waals surface area contributed by atoms with E-state index < -0.39 is 0 Å². The maximum atomic E-state index is 6.52. The third kappa shape index (κ3) is 4.26. The molecule has 0 amide bonds. The van der Waals surface area contributed by atoms with Gasteiger partial charge in [-0.15, -0.1) is 0 Å². The number of nitrogens with zero attached hydrogens (tertiary/aromatic N) is 3. The summed E-state index contributed by atoms with van der Waals surface area (Å²) in [6, 6.07) is 12.5. The van der Waals surface area contributed by atoms with Crippen LogP contribution in [0.2, 0.25) is 10.0 Å². The van der Waals surface area contributed by atoms with Crippen LogP contribution in [0.25, 0.3) is 22.2 Å². The zero-order valence-corrected chi connectivity index (χ0v) is 19.5. The Bertz CT molecular complexity index is 1320. The topological polar surface area (TPSA) is 68.9 Å². The molecule has 3 N–H and O–H groups in total. The van der Waals surface area contributed by atoms with Gasteiger partial charge in [0.05, 0.1) is 16.9 Å².